The summed E-state index contributed by atoms with van der Waals surface area (Å²) in [7, 11) is 0. The van der Waals surface area contributed by atoms with Crippen LogP contribution in [0.4, 0.5) is 0 Å². The predicted octanol–water partition coefficient (Wildman–Crippen LogP) is 2.50. The van der Waals surface area contributed by atoms with Crippen molar-refractivity contribution in [2.75, 3.05) is 0 Å². The third-order valence-electron chi connectivity index (χ3n) is 3.44. The molecule has 2 aliphatic rings. The van der Waals surface area contributed by atoms with Crippen LogP contribution in [-0.2, 0) is 16.1 Å². The summed E-state index contributed by atoms with van der Waals surface area (Å²) in [5.41, 5.74) is 1.59. The monoisotopic (exact) mass is 304 g/mol. The molecule has 0 aliphatic carbocycles. The molecule has 120 valence electrons. The van der Waals surface area contributed by atoms with Crippen molar-refractivity contribution < 1.29 is 14.4 Å². The number of imide groups is 1. The van der Waals surface area contributed by atoms with Gasteiger partial charge in [-0.2, -0.15) is 0 Å². The van der Waals surface area contributed by atoms with E-state index in [0.29, 0.717) is 18.5 Å². The lowest BCUT2D eigenvalue weighted by Gasteiger charge is -2.29. The first-order chi connectivity index (χ1) is 10.7. The van der Waals surface area contributed by atoms with Crippen molar-refractivity contribution in [1.29, 1.82) is 0 Å². The van der Waals surface area contributed by atoms with Crippen LogP contribution in [0.15, 0.2) is 24.3 Å². The molecule has 0 bridgehead atoms. The third-order valence-corrected chi connectivity index (χ3v) is 3.44. The molecule has 1 saturated heterocycles. The fraction of sp³-hybridized carbons (Fsp3) is 0.471. The van der Waals surface area contributed by atoms with E-state index >= 15 is 0 Å². The number of nitrogens with zero attached hydrogens (tertiary/aromatic N) is 1. The molecule has 0 saturated carbocycles. The van der Waals surface area contributed by atoms with Crippen LogP contribution in [0.25, 0.3) is 0 Å². The van der Waals surface area contributed by atoms with Gasteiger partial charge < -0.3 is 4.90 Å². The van der Waals surface area contributed by atoms with Gasteiger partial charge in [-0.15, -0.1) is 0 Å². The van der Waals surface area contributed by atoms with E-state index in [4.69, 9.17) is 0 Å². The average molecular weight is 304 g/mol. The van der Waals surface area contributed by atoms with E-state index < -0.39 is 6.04 Å². The van der Waals surface area contributed by atoms with Gasteiger partial charge >= 0.3 is 0 Å². The Balaban J connectivity index is 0.000000561. The zero-order valence-electron chi connectivity index (χ0n) is 13.7. The van der Waals surface area contributed by atoms with Gasteiger partial charge in [-0.25, -0.2) is 0 Å². The minimum Gasteiger partial charge on any atom is -0.322 e. The molecule has 0 radical (unpaired) electrons. The first kappa shape index (κ1) is 17.9. The van der Waals surface area contributed by atoms with Gasteiger partial charge in [-0.3, -0.25) is 19.7 Å². The first-order valence-corrected chi connectivity index (χ1v) is 7.89. The van der Waals surface area contributed by atoms with Crippen LogP contribution in [-0.4, -0.2) is 28.7 Å². The zero-order valence-corrected chi connectivity index (χ0v) is 13.7. The summed E-state index contributed by atoms with van der Waals surface area (Å²) in [5, 5.41) is 2.28. The average Bonchev–Trinajstić information content (AvgIpc) is 2.89. The molecule has 2 heterocycles. The highest BCUT2D eigenvalue weighted by atomic mass is 16.2. The largest absolute Gasteiger partial charge is 0.322 e. The van der Waals surface area contributed by atoms with Crippen molar-refractivity contribution in [3.05, 3.63) is 35.4 Å². The van der Waals surface area contributed by atoms with Gasteiger partial charge in [0.2, 0.25) is 11.8 Å². The molecule has 5 nitrogen and oxygen atoms in total. The lowest BCUT2D eigenvalue weighted by Crippen LogP contribution is -2.52. The van der Waals surface area contributed by atoms with E-state index in [9.17, 15) is 14.4 Å². The van der Waals surface area contributed by atoms with Crippen molar-refractivity contribution in [3.8, 4) is 0 Å². The highest BCUT2D eigenvalue weighted by molar-refractivity contribution is 6.05. The van der Waals surface area contributed by atoms with Crippen LogP contribution in [0.3, 0.4) is 0 Å². The quantitative estimate of drug-likeness (QED) is 0.811. The van der Waals surface area contributed by atoms with Crippen LogP contribution in [0.2, 0.25) is 0 Å². The smallest absolute Gasteiger partial charge is 0.255 e. The number of amides is 3. The second-order valence-corrected chi connectivity index (χ2v) is 4.56. The molecule has 22 heavy (non-hydrogen) atoms. The van der Waals surface area contributed by atoms with Gasteiger partial charge in [-0.05, 0) is 18.1 Å². The van der Waals surface area contributed by atoms with Crippen molar-refractivity contribution >= 4 is 17.7 Å². The molecule has 2 aliphatic heterocycles. The van der Waals surface area contributed by atoms with Crippen LogP contribution >= 0.6 is 0 Å². The highest BCUT2D eigenvalue weighted by Gasteiger charge is 2.38. The number of piperidine rings is 1. The lowest BCUT2D eigenvalue weighted by atomic mass is 10.0. The summed E-state index contributed by atoms with van der Waals surface area (Å²) in [6.45, 7) is 8.45. The summed E-state index contributed by atoms with van der Waals surface area (Å²) in [6.07, 6.45) is 0.695. The maximum Gasteiger partial charge on any atom is 0.255 e. The Morgan fingerprint density at radius 2 is 1.68 bits per heavy atom. The van der Waals surface area contributed by atoms with Crippen molar-refractivity contribution in [3.63, 3.8) is 0 Å². The number of hydrogen-bond donors (Lipinski definition) is 1. The molecule has 3 rings (SSSR count). The molecule has 0 aromatic heterocycles. The van der Waals surface area contributed by atoms with Gasteiger partial charge in [0.25, 0.3) is 5.91 Å². The standard InChI is InChI=1S/C13H12N2O3.2C2H6/c16-11-6-5-10(12(17)14-11)15-7-8-3-1-2-4-9(8)13(15)18;2*1-2/h1-4,10H,5-7H2,(H,14,16,17);2*1-2H3/t10-;;/m0../s1. The molecule has 1 N–H and O–H groups in total. The van der Waals surface area contributed by atoms with E-state index in [-0.39, 0.29) is 24.1 Å². The van der Waals surface area contributed by atoms with Crippen LogP contribution in [0.1, 0.15) is 56.5 Å². The van der Waals surface area contributed by atoms with E-state index in [1.165, 1.54) is 0 Å². The molecule has 5 heteroatoms. The number of carbonyl (C=O) groups excluding carboxylic acids is 3. The van der Waals surface area contributed by atoms with Gasteiger partial charge in [-0.1, -0.05) is 45.9 Å². The molecule has 3 amide bonds. The van der Waals surface area contributed by atoms with E-state index in [0.717, 1.165) is 5.56 Å². The molecular weight excluding hydrogens is 280 g/mol. The second-order valence-electron chi connectivity index (χ2n) is 4.56. The number of hydrogen-bond acceptors (Lipinski definition) is 3. The Morgan fingerprint density at radius 3 is 2.27 bits per heavy atom. The Kier molecular flexibility index (Phi) is 6.76. The number of rotatable bonds is 1. The van der Waals surface area contributed by atoms with Crippen LogP contribution in [0, 0.1) is 0 Å². The maximum atomic E-state index is 12.2. The molecule has 1 aromatic rings. The van der Waals surface area contributed by atoms with E-state index in [2.05, 4.69) is 5.32 Å². The topological polar surface area (TPSA) is 66.5 Å². The lowest BCUT2D eigenvalue weighted by molar-refractivity contribution is -0.136. The molecule has 1 fully saturated rings. The van der Waals surface area contributed by atoms with Crippen LogP contribution in [0.5, 0.6) is 0 Å². The van der Waals surface area contributed by atoms with Crippen LogP contribution < -0.4 is 5.32 Å². The van der Waals surface area contributed by atoms with Gasteiger partial charge in [0.05, 0.1) is 0 Å². The molecular formula is C17H24N2O3. The second kappa shape index (κ2) is 8.32. The molecule has 1 aromatic carbocycles. The predicted molar refractivity (Wildman–Crippen MR) is 85.2 cm³/mol. The van der Waals surface area contributed by atoms with Crippen molar-refractivity contribution in [2.24, 2.45) is 0 Å². The molecule has 1 atom stereocenters. The number of benzene rings is 1. The van der Waals surface area contributed by atoms with Gasteiger partial charge in [0, 0.05) is 18.5 Å². The highest BCUT2D eigenvalue weighted by Crippen LogP contribution is 2.26. The molecule has 0 spiro atoms. The summed E-state index contributed by atoms with van der Waals surface area (Å²) in [5.74, 6) is -0.757. The third kappa shape index (κ3) is 3.53. The summed E-state index contributed by atoms with van der Waals surface area (Å²) in [6, 6.07) is 6.82. The Hall–Kier alpha value is -2.17. The summed E-state index contributed by atoms with van der Waals surface area (Å²) >= 11 is 0. The Bertz CT molecular complexity index is 555. The number of fused-ring (bicyclic) bond motifs is 1. The molecule has 0 unspecified atom stereocenters. The summed E-state index contributed by atoms with van der Waals surface area (Å²) < 4.78 is 0. The normalized spacial score (nSPS) is 19.4. The number of carbonyl (C=O) groups is 3. The minimum atomic E-state index is -0.525. The Morgan fingerprint density at radius 1 is 1.05 bits per heavy atom. The number of nitrogens with one attached hydrogen (secondary N) is 1. The first-order valence-electron chi connectivity index (χ1n) is 7.89. The maximum absolute atomic E-state index is 12.2. The fourth-order valence-electron chi connectivity index (χ4n) is 2.51. The Labute approximate surface area is 131 Å². The van der Waals surface area contributed by atoms with Crippen molar-refractivity contribution in [2.45, 2.75) is 53.1 Å². The SMILES string of the molecule is CC.CC.O=C1CC[C@H](N2Cc3ccccc3C2=O)C(=O)N1. The van der Waals surface area contributed by atoms with Gasteiger partial charge in [0.15, 0.2) is 0 Å². The van der Waals surface area contributed by atoms with E-state index in [1.54, 1.807) is 11.0 Å². The zero-order chi connectivity index (χ0) is 16.7. The minimum absolute atomic E-state index is 0.125. The fourth-order valence-corrected chi connectivity index (χ4v) is 2.51. The van der Waals surface area contributed by atoms with E-state index in [1.807, 2.05) is 45.9 Å². The van der Waals surface area contributed by atoms with Gasteiger partial charge in [0.1, 0.15) is 6.04 Å². The summed E-state index contributed by atoms with van der Waals surface area (Å²) in [4.78, 5) is 36.6. The van der Waals surface area contributed by atoms with Crippen molar-refractivity contribution in [1.82, 2.24) is 10.2 Å².